The van der Waals surface area contributed by atoms with Gasteiger partial charge in [-0.05, 0) is 24.3 Å². The van der Waals surface area contributed by atoms with Crippen molar-refractivity contribution in [3.05, 3.63) is 53.8 Å². The number of aromatic nitrogens is 3. The van der Waals surface area contributed by atoms with Crippen molar-refractivity contribution in [1.29, 1.82) is 0 Å². The summed E-state index contributed by atoms with van der Waals surface area (Å²) in [5, 5.41) is -0.0549. The van der Waals surface area contributed by atoms with Crippen molar-refractivity contribution in [3.63, 3.8) is 0 Å². The van der Waals surface area contributed by atoms with E-state index in [0.717, 1.165) is 0 Å². The largest absolute Gasteiger partial charge is 0.263 e. The normalized spacial score (nSPS) is 11.5. The van der Waals surface area contributed by atoms with Crippen molar-refractivity contribution < 1.29 is 8.42 Å². The molecule has 0 aliphatic heterocycles. The molecule has 0 fully saturated rings. The van der Waals surface area contributed by atoms with E-state index < -0.39 is 10.0 Å². The van der Waals surface area contributed by atoms with E-state index in [1.807, 2.05) is 0 Å². The zero-order valence-corrected chi connectivity index (χ0v) is 12.1. The molecule has 0 atom stereocenters. The number of benzene rings is 1. The van der Waals surface area contributed by atoms with Crippen molar-refractivity contribution in [2.45, 2.75) is 4.90 Å². The quantitative estimate of drug-likeness (QED) is 0.801. The maximum absolute atomic E-state index is 12.2. The molecule has 0 aliphatic carbocycles. The monoisotopic (exact) mass is 320 g/mol. The van der Waals surface area contributed by atoms with E-state index in [1.54, 1.807) is 36.5 Å². The molecule has 2 aromatic heterocycles. The van der Waals surface area contributed by atoms with E-state index in [1.165, 1.54) is 12.1 Å². The standard InChI is InChI=1S/C13H9ClN4O2S/c14-11-13(16-10-7-4-8-15-12(10)17-11)18-21(19,20)9-5-2-1-3-6-9/h1-8H,(H,16,18). The Kier molecular flexibility index (Phi) is 3.44. The third-order valence-electron chi connectivity index (χ3n) is 2.68. The highest BCUT2D eigenvalue weighted by Crippen LogP contribution is 2.22. The SMILES string of the molecule is O=S(=O)(Nc1nc2cccnc2nc1Cl)c1ccccc1. The zero-order chi connectivity index (χ0) is 14.9. The Morgan fingerprint density at radius 1 is 1.00 bits per heavy atom. The number of hydrogen-bond donors (Lipinski definition) is 1. The highest BCUT2D eigenvalue weighted by Gasteiger charge is 2.17. The first-order chi connectivity index (χ1) is 10.1. The number of nitrogens with zero attached hydrogens (tertiary/aromatic N) is 3. The minimum Gasteiger partial charge on any atom is -0.261 e. The molecule has 0 radical (unpaired) electrons. The first-order valence-electron chi connectivity index (χ1n) is 5.92. The number of nitrogens with one attached hydrogen (secondary N) is 1. The van der Waals surface area contributed by atoms with Crippen LogP contribution >= 0.6 is 11.6 Å². The van der Waals surface area contributed by atoms with Crippen LogP contribution < -0.4 is 4.72 Å². The zero-order valence-electron chi connectivity index (χ0n) is 10.6. The summed E-state index contributed by atoms with van der Waals surface area (Å²) in [6, 6.07) is 11.3. The second-order valence-corrected chi connectivity index (χ2v) is 6.17. The molecule has 0 saturated heterocycles. The van der Waals surface area contributed by atoms with Crippen LogP contribution in [0, 0.1) is 0 Å². The summed E-state index contributed by atoms with van der Waals surface area (Å²) in [4.78, 5) is 12.3. The Morgan fingerprint density at radius 3 is 2.52 bits per heavy atom. The van der Waals surface area contributed by atoms with E-state index in [9.17, 15) is 8.42 Å². The summed E-state index contributed by atoms with van der Waals surface area (Å²) in [6.07, 6.45) is 1.56. The molecule has 0 unspecified atom stereocenters. The fourth-order valence-corrected chi connectivity index (χ4v) is 2.98. The lowest BCUT2D eigenvalue weighted by molar-refractivity contribution is 0.601. The van der Waals surface area contributed by atoms with Gasteiger partial charge in [-0.3, -0.25) is 4.72 Å². The van der Waals surface area contributed by atoms with Crippen LogP contribution in [0.1, 0.15) is 0 Å². The second kappa shape index (κ2) is 5.27. The lowest BCUT2D eigenvalue weighted by atomic mass is 10.4. The summed E-state index contributed by atoms with van der Waals surface area (Å²) in [6.45, 7) is 0. The molecule has 1 aromatic carbocycles. The molecule has 106 valence electrons. The van der Waals surface area contributed by atoms with Gasteiger partial charge in [-0.25, -0.2) is 23.4 Å². The summed E-state index contributed by atoms with van der Waals surface area (Å²) in [5.41, 5.74) is 0.804. The Balaban J connectivity index is 2.04. The van der Waals surface area contributed by atoms with Gasteiger partial charge in [-0.2, -0.15) is 0 Å². The first-order valence-corrected chi connectivity index (χ1v) is 7.78. The topological polar surface area (TPSA) is 84.8 Å². The van der Waals surface area contributed by atoms with Crippen LogP contribution in [-0.2, 0) is 10.0 Å². The van der Waals surface area contributed by atoms with Crippen molar-refractivity contribution in [2.75, 3.05) is 4.72 Å². The summed E-state index contributed by atoms with van der Waals surface area (Å²) in [5.74, 6) is -0.0268. The van der Waals surface area contributed by atoms with Gasteiger partial charge < -0.3 is 0 Å². The maximum atomic E-state index is 12.2. The molecule has 6 nitrogen and oxygen atoms in total. The number of pyridine rings is 1. The first kappa shape index (κ1) is 13.7. The van der Waals surface area contributed by atoms with E-state index in [2.05, 4.69) is 19.7 Å². The Bertz CT molecular complexity index is 900. The van der Waals surface area contributed by atoms with Gasteiger partial charge in [-0.15, -0.1) is 0 Å². The highest BCUT2D eigenvalue weighted by atomic mass is 35.5. The Labute approximate surface area is 125 Å². The van der Waals surface area contributed by atoms with Crippen molar-refractivity contribution in [2.24, 2.45) is 0 Å². The van der Waals surface area contributed by atoms with Crippen LogP contribution in [0.3, 0.4) is 0 Å². The van der Waals surface area contributed by atoms with Gasteiger partial charge in [0.25, 0.3) is 10.0 Å². The molecule has 0 spiro atoms. The number of sulfonamides is 1. The molecule has 0 bridgehead atoms. The van der Waals surface area contributed by atoms with Gasteiger partial charge >= 0.3 is 0 Å². The molecule has 8 heteroatoms. The summed E-state index contributed by atoms with van der Waals surface area (Å²) in [7, 11) is -3.76. The second-order valence-electron chi connectivity index (χ2n) is 4.13. The van der Waals surface area contributed by atoms with Crippen molar-refractivity contribution >= 4 is 38.6 Å². The lowest BCUT2D eigenvalue weighted by Crippen LogP contribution is -2.14. The van der Waals surface area contributed by atoms with Crippen molar-refractivity contribution in [1.82, 2.24) is 15.0 Å². The van der Waals surface area contributed by atoms with Crippen LogP contribution in [0.25, 0.3) is 11.2 Å². The fraction of sp³-hybridized carbons (Fsp3) is 0. The number of rotatable bonds is 3. The summed E-state index contributed by atoms with van der Waals surface area (Å²) < 4.78 is 26.8. The molecule has 3 rings (SSSR count). The minimum absolute atomic E-state index is 0.0268. The number of anilines is 1. The van der Waals surface area contributed by atoms with Gasteiger partial charge in [0.15, 0.2) is 16.6 Å². The average molecular weight is 321 g/mol. The van der Waals surface area contributed by atoms with Gasteiger partial charge in [-0.1, -0.05) is 29.8 Å². The fourth-order valence-electron chi connectivity index (χ4n) is 1.73. The predicted molar refractivity (Wildman–Crippen MR) is 79.6 cm³/mol. The van der Waals surface area contributed by atoms with Gasteiger partial charge in [0.05, 0.1) is 4.90 Å². The Hall–Kier alpha value is -2.25. The van der Waals surface area contributed by atoms with E-state index in [0.29, 0.717) is 11.2 Å². The molecule has 21 heavy (non-hydrogen) atoms. The number of halogens is 1. The molecule has 1 N–H and O–H groups in total. The van der Waals surface area contributed by atoms with Crippen LogP contribution in [0.15, 0.2) is 53.6 Å². The smallest absolute Gasteiger partial charge is 0.261 e. The van der Waals surface area contributed by atoms with Gasteiger partial charge in [0, 0.05) is 6.20 Å². The third kappa shape index (κ3) is 2.79. The third-order valence-corrected chi connectivity index (χ3v) is 4.30. The lowest BCUT2D eigenvalue weighted by Gasteiger charge is -2.08. The molecular weight excluding hydrogens is 312 g/mol. The average Bonchev–Trinajstić information content (AvgIpc) is 2.49. The van der Waals surface area contributed by atoms with E-state index in [4.69, 9.17) is 11.6 Å². The van der Waals surface area contributed by atoms with E-state index >= 15 is 0 Å². The molecule has 3 aromatic rings. The molecular formula is C13H9ClN4O2S. The van der Waals surface area contributed by atoms with Crippen LogP contribution in [-0.4, -0.2) is 23.4 Å². The van der Waals surface area contributed by atoms with E-state index in [-0.39, 0.29) is 15.9 Å². The molecule has 0 amide bonds. The van der Waals surface area contributed by atoms with Crippen LogP contribution in [0.5, 0.6) is 0 Å². The van der Waals surface area contributed by atoms with Gasteiger partial charge in [0.1, 0.15) is 5.52 Å². The predicted octanol–water partition coefficient (Wildman–Crippen LogP) is 2.48. The highest BCUT2D eigenvalue weighted by molar-refractivity contribution is 7.92. The van der Waals surface area contributed by atoms with Crippen molar-refractivity contribution in [3.8, 4) is 0 Å². The molecule has 2 heterocycles. The Morgan fingerprint density at radius 2 is 1.76 bits per heavy atom. The van der Waals surface area contributed by atoms with Gasteiger partial charge in [0.2, 0.25) is 0 Å². The molecule has 0 aliphatic rings. The summed E-state index contributed by atoms with van der Waals surface area (Å²) >= 11 is 5.96. The maximum Gasteiger partial charge on any atom is 0.263 e. The number of fused-ring (bicyclic) bond motifs is 1. The van der Waals surface area contributed by atoms with Crippen LogP contribution in [0.2, 0.25) is 5.15 Å². The van der Waals surface area contributed by atoms with Crippen LogP contribution in [0.4, 0.5) is 5.82 Å². The number of hydrogen-bond acceptors (Lipinski definition) is 5. The molecule has 0 saturated carbocycles. The minimum atomic E-state index is -3.76.